The van der Waals surface area contributed by atoms with E-state index in [-0.39, 0.29) is 5.91 Å². The van der Waals surface area contributed by atoms with Crippen LogP contribution in [0.25, 0.3) is 0 Å². The largest absolute Gasteiger partial charge is 0.338 e. The monoisotopic (exact) mass is 276 g/mol. The number of carbonyl (C=O) groups is 1. The standard InChI is InChI=1S/C15H24N4O/c1-12(20)19(13-5-6-13)10-14-4-3-7-18(14)9-15-8-16-11-17(15)2/h8,11,13-14H,3-7,9-10H2,1-2H3. The number of hydrogen-bond acceptors (Lipinski definition) is 3. The average Bonchev–Trinajstić information content (AvgIpc) is 3.03. The molecule has 5 heteroatoms. The van der Waals surface area contributed by atoms with Gasteiger partial charge in [-0.05, 0) is 32.2 Å². The number of likely N-dealkylation sites (tertiary alicyclic amines) is 1. The molecule has 2 aliphatic rings. The van der Waals surface area contributed by atoms with Gasteiger partial charge in [-0.2, -0.15) is 0 Å². The fourth-order valence-electron chi connectivity index (χ4n) is 3.20. The summed E-state index contributed by atoms with van der Waals surface area (Å²) in [5.74, 6) is 0.236. The van der Waals surface area contributed by atoms with Crippen LogP contribution in [0.4, 0.5) is 0 Å². The summed E-state index contributed by atoms with van der Waals surface area (Å²) in [6, 6.07) is 1.03. The molecule has 20 heavy (non-hydrogen) atoms. The minimum Gasteiger partial charge on any atom is -0.338 e. The smallest absolute Gasteiger partial charge is 0.219 e. The maximum absolute atomic E-state index is 11.8. The fourth-order valence-corrected chi connectivity index (χ4v) is 3.20. The highest BCUT2D eigenvalue weighted by atomic mass is 16.2. The normalized spacial score (nSPS) is 23.2. The van der Waals surface area contributed by atoms with Gasteiger partial charge in [-0.15, -0.1) is 0 Å². The SMILES string of the molecule is CC(=O)N(CC1CCCN1Cc1cncn1C)C1CC1. The first-order valence-corrected chi connectivity index (χ1v) is 7.61. The molecule has 1 aromatic rings. The molecule has 5 nitrogen and oxygen atoms in total. The number of nitrogens with zero attached hydrogens (tertiary/aromatic N) is 4. The van der Waals surface area contributed by atoms with Gasteiger partial charge in [0.15, 0.2) is 0 Å². The van der Waals surface area contributed by atoms with E-state index < -0.39 is 0 Å². The van der Waals surface area contributed by atoms with Crippen LogP contribution in [0, 0.1) is 0 Å². The van der Waals surface area contributed by atoms with Gasteiger partial charge in [-0.1, -0.05) is 0 Å². The van der Waals surface area contributed by atoms with Crippen LogP contribution in [0.5, 0.6) is 0 Å². The summed E-state index contributed by atoms with van der Waals surface area (Å²) >= 11 is 0. The van der Waals surface area contributed by atoms with E-state index in [0.29, 0.717) is 12.1 Å². The predicted octanol–water partition coefficient (Wildman–Crippen LogP) is 1.40. The van der Waals surface area contributed by atoms with Crippen LogP contribution in [0.2, 0.25) is 0 Å². The van der Waals surface area contributed by atoms with Crippen molar-refractivity contribution in [1.29, 1.82) is 0 Å². The molecule has 1 aromatic heterocycles. The molecule has 1 aliphatic carbocycles. The Kier molecular flexibility index (Phi) is 3.78. The highest BCUT2D eigenvalue weighted by Crippen LogP contribution is 2.29. The molecule has 3 rings (SSSR count). The number of imidazole rings is 1. The number of amides is 1. The van der Waals surface area contributed by atoms with Gasteiger partial charge in [0.1, 0.15) is 0 Å². The van der Waals surface area contributed by atoms with Crippen LogP contribution >= 0.6 is 0 Å². The summed E-state index contributed by atoms with van der Waals surface area (Å²) in [5, 5.41) is 0. The minimum atomic E-state index is 0.236. The van der Waals surface area contributed by atoms with Gasteiger partial charge in [0.05, 0.1) is 12.0 Å². The molecule has 2 heterocycles. The Labute approximate surface area is 120 Å². The third kappa shape index (κ3) is 2.87. The Morgan fingerprint density at radius 2 is 2.25 bits per heavy atom. The van der Waals surface area contributed by atoms with E-state index in [2.05, 4.69) is 19.4 Å². The van der Waals surface area contributed by atoms with E-state index in [9.17, 15) is 4.79 Å². The summed E-state index contributed by atoms with van der Waals surface area (Å²) in [4.78, 5) is 20.6. The zero-order valence-electron chi connectivity index (χ0n) is 12.5. The molecule has 0 radical (unpaired) electrons. The lowest BCUT2D eigenvalue weighted by Gasteiger charge is -2.30. The number of rotatable bonds is 5. The average molecular weight is 276 g/mol. The number of aromatic nitrogens is 2. The Hall–Kier alpha value is -1.36. The Morgan fingerprint density at radius 1 is 1.45 bits per heavy atom. The van der Waals surface area contributed by atoms with Crippen LogP contribution in [-0.4, -0.2) is 50.4 Å². The Bertz CT molecular complexity index is 480. The first-order chi connectivity index (χ1) is 9.65. The zero-order valence-corrected chi connectivity index (χ0v) is 12.5. The lowest BCUT2D eigenvalue weighted by molar-refractivity contribution is -0.130. The van der Waals surface area contributed by atoms with Gasteiger partial charge in [-0.3, -0.25) is 9.69 Å². The topological polar surface area (TPSA) is 41.4 Å². The Balaban J connectivity index is 1.63. The van der Waals surface area contributed by atoms with Gasteiger partial charge in [0.2, 0.25) is 5.91 Å². The maximum atomic E-state index is 11.8. The fraction of sp³-hybridized carbons (Fsp3) is 0.733. The van der Waals surface area contributed by atoms with E-state index in [0.717, 1.165) is 19.6 Å². The van der Waals surface area contributed by atoms with Crippen molar-refractivity contribution in [1.82, 2.24) is 19.4 Å². The lowest BCUT2D eigenvalue weighted by Crippen LogP contribution is -2.43. The molecule has 0 bridgehead atoms. The second-order valence-electron chi connectivity index (χ2n) is 6.16. The quantitative estimate of drug-likeness (QED) is 0.816. The summed E-state index contributed by atoms with van der Waals surface area (Å²) in [5.41, 5.74) is 1.25. The van der Waals surface area contributed by atoms with E-state index in [1.807, 2.05) is 19.6 Å². The summed E-state index contributed by atoms with van der Waals surface area (Å²) in [6.07, 6.45) is 8.61. The molecule has 2 fully saturated rings. The summed E-state index contributed by atoms with van der Waals surface area (Å²) < 4.78 is 2.08. The molecule has 1 atom stereocenters. The molecular weight excluding hydrogens is 252 g/mol. The van der Waals surface area contributed by atoms with Crippen LogP contribution in [0.3, 0.4) is 0 Å². The molecule has 1 saturated heterocycles. The van der Waals surface area contributed by atoms with Crippen molar-refractivity contribution < 1.29 is 4.79 Å². The zero-order chi connectivity index (χ0) is 14.1. The molecule has 1 unspecified atom stereocenters. The highest BCUT2D eigenvalue weighted by molar-refractivity contribution is 5.74. The van der Waals surface area contributed by atoms with Crippen molar-refractivity contribution in [3.63, 3.8) is 0 Å². The molecule has 0 spiro atoms. The molecule has 1 amide bonds. The first kappa shape index (κ1) is 13.6. The second kappa shape index (κ2) is 5.56. The molecule has 0 N–H and O–H groups in total. The van der Waals surface area contributed by atoms with Crippen LogP contribution < -0.4 is 0 Å². The number of aryl methyl sites for hydroxylation is 1. The van der Waals surface area contributed by atoms with Crippen LogP contribution in [0.1, 0.15) is 38.3 Å². The number of carbonyl (C=O) groups excluding carboxylic acids is 1. The summed E-state index contributed by atoms with van der Waals surface area (Å²) in [7, 11) is 2.04. The van der Waals surface area contributed by atoms with E-state index in [1.54, 1.807) is 6.92 Å². The van der Waals surface area contributed by atoms with E-state index in [4.69, 9.17) is 0 Å². The number of hydrogen-bond donors (Lipinski definition) is 0. The maximum Gasteiger partial charge on any atom is 0.219 e. The van der Waals surface area contributed by atoms with Crippen LogP contribution in [0.15, 0.2) is 12.5 Å². The predicted molar refractivity (Wildman–Crippen MR) is 77.0 cm³/mol. The van der Waals surface area contributed by atoms with Gasteiger partial charge >= 0.3 is 0 Å². The van der Waals surface area contributed by atoms with E-state index >= 15 is 0 Å². The van der Waals surface area contributed by atoms with Crippen molar-refractivity contribution >= 4 is 5.91 Å². The van der Waals surface area contributed by atoms with Gasteiger partial charge < -0.3 is 9.47 Å². The first-order valence-electron chi connectivity index (χ1n) is 7.61. The lowest BCUT2D eigenvalue weighted by atomic mass is 10.2. The molecular formula is C15H24N4O. The van der Waals surface area contributed by atoms with Crippen molar-refractivity contribution in [2.75, 3.05) is 13.1 Å². The highest BCUT2D eigenvalue weighted by Gasteiger charge is 2.35. The van der Waals surface area contributed by atoms with E-state index in [1.165, 1.54) is 31.4 Å². The Morgan fingerprint density at radius 3 is 2.85 bits per heavy atom. The van der Waals surface area contributed by atoms with Crippen LogP contribution in [-0.2, 0) is 18.4 Å². The molecule has 0 aromatic carbocycles. The molecule has 110 valence electrons. The minimum absolute atomic E-state index is 0.236. The molecule has 1 saturated carbocycles. The van der Waals surface area contributed by atoms with Crippen molar-refractivity contribution in [3.8, 4) is 0 Å². The molecule has 1 aliphatic heterocycles. The van der Waals surface area contributed by atoms with Crippen molar-refractivity contribution in [3.05, 3.63) is 18.2 Å². The van der Waals surface area contributed by atoms with Crippen molar-refractivity contribution in [2.45, 2.75) is 51.2 Å². The van der Waals surface area contributed by atoms with Gasteiger partial charge in [-0.25, -0.2) is 4.98 Å². The van der Waals surface area contributed by atoms with Gasteiger partial charge in [0.25, 0.3) is 0 Å². The van der Waals surface area contributed by atoms with Crippen molar-refractivity contribution in [2.24, 2.45) is 7.05 Å². The summed E-state index contributed by atoms with van der Waals surface area (Å²) in [6.45, 7) is 4.68. The third-order valence-corrected chi connectivity index (χ3v) is 4.58. The third-order valence-electron chi connectivity index (χ3n) is 4.58. The second-order valence-corrected chi connectivity index (χ2v) is 6.16. The van der Waals surface area contributed by atoms with Gasteiger partial charge in [0, 0.05) is 45.3 Å².